The Labute approximate surface area is 129 Å². The van der Waals surface area contributed by atoms with Gasteiger partial charge in [-0.3, -0.25) is 0 Å². The molecule has 0 aliphatic heterocycles. The number of halogens is 2. The van der Waals surface area contributed by atoms with Crippen molar-refractivity contribution in [3.05, 3.63) is 52.8 Å². The van der Waals surface area contributed by atoms with E-state index in [9.17, 15) is 4.39 Å². The zero-order valence-electron chi connectivity index (χ0n) is 12.1. The summed E-state index contributed by atoms with van der Waals surface area (Å²) in [6.45, 7) is 2.78. The normalized spacial score (nSPS) is 10.5. The fraction of sp³-hybridized carbons (Fsp3) is 0.250. The Balaban J connectivity index is 2.28. The van der Waals surface area contributed by atoms with Crippen LogP contribution >= 0.6 is 11.6 Å². The molecule has 2 rings (SSSR count). The van der Waals surface area contributed by atoms with E-state index >= 15 is 0 Å². The van der Waals surface area contributed by atoms with Gasteiger partial charge in [0, 0.05) is 30.7 Å². The largest absolute Gasteiger partial charge is 0.491 e. The van der Waals surface area contributed by atoms with Gasteiger partial charge in [-0.1, -0.05) is 29.8 Å². The molecule has 0 spiro atoms. The molecule has 112 valence electrons. The molecule has 0 fully saturated rings. The lowest BCUT2D eigenvalue weighted by atomic mass is 10.2. The fourth-order valence-electron chi connectivity index (χ4n) is 2.12. The monoisotopic (exact) mass is 308 g/mol. The van der Waals surface area contributed by atoms with Gasteiger partial charge in [-0.2, -0.15) is 0 Å². The standard InChI is InChI=1S/C16H18ClFN2O/c1-3-21-16-9-15(14(19)8-13(16)18)20(2)10-11-6-4-5-7-12(11)17/h4-9H,3,10,19H2,1-2H3. The predicted molar refractivity (Wildman–Crippen MR) is 85.5 cm³/mol. The van der Waals surface area contributed by atoms with Gasteiger partial charge < -0.3 is 15.4 Å². The Morgan fingerprint density at radius 2 is 2.00 bits per heavy atom. The van der Waals surface area contributed by atoms with E-state index in [-0.39, 0.29) is 5.75 Å². The van der Waals surface area contributed by atoms with E-state index in [2.05, 4.69) is 0 Å². The first-order valence-corrected chi connectivity index (χ1v) is 7.07. The molecule has 0 aromatic heterocycles. The lowest BCUT2D eigenvalue weighted by Gasteiger charge is -2.22. The second kappa shape index (κ2) is 6.68. The van der Waals surface area contributed by atoms with Crippen molar-refractivity contribution in [1.29, 1.82) is 0 Å². The Morgan fingerprint density at radius 3 is 2.67 bits per heavy atom. The Hall–Kier alpha value is -1.94. The third kappa shape index (κ3) is 3.58. The van der Waals surface area contributed by atoms with Crippen LogP contribution in [0.5, 0.6) is 5.75 Å². The highest BCUT2D eigenvalue weighted by atomic mass is 35.5. The number of hydrogen-bond donors (Lipinski definition) is 1. The summed E-state index contributed by atoms with van der Waals surface area (Å²) in [5.74, 6) is -0.253. The van der Waals surface area contributed by atoms with E-state index in [1.807, 2.05) is 43.1 Å². The van der Waals surface area contributed by atoms with Gasteiger partial charge in [0.05, 0.1) is 18.0 Å². The van der Waals surface area contributed by atoms with Crippen molar-refractivity contribution in [3.63, 3.8) is 0 Å². The first-order chi connectivity index (χ1) is 10.0. The van der Waals surface area contributed by atoms with Crippen molar-refractivity contribution < 1.29 is 9.13 Å². The van der Waals surface area contributed by atoms with Gasteiger partial charge in [0.15, 0.2) is 11.6 Å². The van der Waals surface area contributed by atoms with Crippen LogP contribution < -0.4 is 15.4 Å². The summed E-state index contributed by atoms with van der Waals surface area (Å²) < 4.78 is 19.0. The molecule has 3 nitrogen and oxygen atoms in total. The SMILES string of the molecule is CCOc1cc(N(C)Cc2ccccc2Cl)c(N)cc1F. The topological polar surface area (TPSA) is 38.5 Å². The molecule has 0 heterocycles. The lowest BCUT2D eigenvalue weighted by molar-refractivity contribution is 0.322. The first-order valence-electron chi connectivity index (χ1n) is 6.69. The van der Waals surface area contributed by atoms with E-state index in [4.69, 9.17) is 22.1 Å². The molecule has 0 aliphatic carbocycles. The lowest BCUT2D eigenvalue weighted by Crippen LogP contribution is -2.18. The highest BCUT2D eigenvalue weighted by Gasteiger charge is 2.13. The van der Waals surface area contributed by atoms with Crippen LogP contribution in [-0.4, -0.2) is 13.7 Å². The van der Waals surface area contributed by atoms with Crippen molar-refractivity contribution in [2.45, 2.75) is 13.5 Å². The average Bonchev–Trinajstić information content (AvgIpc) is 2.44. The van der Waals surface area contributed by atoms with Crippen molar-refractivity contribution in [3.8, 4) is 5.75 Å². The minimum atomic E-state index is -0.454. The highest BCUT2D eigenvalue weighted by Crippen LogP contribution is 2.32. The molecule has 0 saturated heterocycles. The Bertz CT molecular complexity index is 634. The third-order valence-corrected chi connectivity index (χ3v) is 3.53. The summed E-state index contributed by atoms with van der Waals surface area (Å²) in [5.41, 5.74) is 7.96. The molecule has 2 aromatic rings. The van der Waals surface area contributed by atoms with Crippen LogP contribution in [0.2, 0.25) is 5.02 Å². The maximum Gasteiger partial charge on any atom is 0.167 e. The van der Waals surface area contributed by atoms with Gasteiger partial charge in [-0.25, -0.2) is 4.39 Å². The maximum absolute atomic E-state index is 13.7. The first kappa shape index (κ1) is 15.4. The summed E-state index contributed by atoms with van der Waals surface area (Å²) in [5, 5.41) is 0.690. The van der Waals surface area contributed by atoms with Crippen molar-refractivity contribution >= 4 is 23.0 Å². The van der Waals surface area contributed by atoms with Gasteiger partial charge in [0.2, 0.25) is 0 Å². The molecule has 21 heavy (non-hydrogen) atoms. The van der Waals surface area contributed by atoms with Gasteiger partial charge in [-0.15, -0.1) is 0 Å². The molecule has 2 aromatic carbocycles. The minimum Gasteiger partial charge on any atom is -0.491 e. The number of anilines is 2. The molecule has 0 saturated carbocycles. The second-order valence-electron chi connectivity index (χ2n) is 4.72. The summed E-state index contributed by atoms with van der Waals surface area (Å²) in [6, 6.07) is 10.5. The molecule has 0 aliphatic rings. The summed E-state index contributed by atoms with van der Waals surface area (Å²) >= 11 is 6.16. The van der Waals surface area contributed by atoms with Crippen LogP contribution in [0, 0.1) is 5.82 Å². The minimum absolute atomic E-state index is 0.202. The van der Waals surface area contributed by atoms with E-state index in [1.54, 1.807) is 6.07 Å². The molecule has 0 bridgehead atoms. The molecule has 0 amide bonds. The number of nitrogens with two attached hydrogens (primary N) is 1. The maximum atomic E-state index is 13.7. The molecule has 0 unspecified atom stereocenters. The molecule has 2 N–H and O–H groups in total. The quantitative estimate of drug-likeness (QED) is 0.845. The fourth-order valence-corrected chi connectivity index (χ4v) is 2.32. The van der Waals surface area contributed by atoms with E-state index in [0.29, 0.717) is 29.5 Å². The van der Waals surface area contributed by atoms with Gasteiger partial charge in [0.25, 0.3) is 0 Å². The summed E-state index contributed by atoms with van der Waals surface area (Å²) in [6.07, 6.45) is 0. The van der Waals surface area contributed by atoms with E-state index in [0.717, 1.165) is 5.56 Å². The van der Waals surface area contributed by atoms with E-state index in [1.165, 1.54) is 6.07 Å². The molecular formula is C16H18ClFN2O. The molecule has 0 radical (unpaired) electrons. The number of ether oxygens (including phenoxy) is 1. The summed E-state index contributed by atoms with van der Waals surface area (Å²) in [4.78, 5) is 1.92. The highest BCUT2D eigenvalue weighted by molar-refractivity contribution is 6.31. The number of benzene rings is 2. The Kier molecular flexibility index (Phi) is 4.91. The number of rotatable bonds is 5. The zero-order chi connectivity index (χ0) is 15.4. The van der Waals surface area contributed by atoms with Crippen LogP contribution in [0.1, 0.15) is 12.5 Å². The van der Waals surface area contributed by atoms with Gasteiger partial charge in [0.1, 0.15) is 0 Å². The second-order valence-corrected chi connectivity index (χ2v) is 5.13. The predicted octanol–water partition coefficient (Wildman–Crippen LogP) is 4.10. The molecule has 5 heteroatoms. The van der Waals surface area contributed by atoms with Crippen LogP contribution in [0.15, 0.2) is 36.4 Å². The van der Waals surface area contributed by atoms with Gasteiger partial charge >= 0.3 is 0 Å². The van der Waals surface area contributed by atoms with Crippen LogP contribution in [0.3, 0.4) is 0 Å². The zero-order valence-corrected chi connectivity index (χ0v) is 12.8. The van der Waals surface area contributed by atoms with Crippen LogP contribution in [0.25, 0.3) is 0 Å². The van der Waals surface area contributed by atoms with Crippen molar-refractivity contribution in [2.24, 2.45) is 0 Å². The van der Waals surface area contributed by atoms with Crippen molar-refractivity contribution in [1.82, 2.24) is 0 Å². The van der Waals surface area contributed by atoms with Gasteiger partial charge in [-0.05, 0) is 18.6 Å². The molecular weight excluding hydrogens is 291 g/mol. The molecule has 0 atom stereocenters. The van der Waals surface area contributed by atoms with Crippen molar-refractivity contribution in [2.75, 3.05) is 24.3 Å². The van der Waals surface area contributed by atoms with E-state index < -0.39 is 5.82 Å². The number of hydrogen-bond acceptors (Lipinski definition) is 3. The third-order valence-electron chi connectivity index (χ3n) is 3.16. The number of nitrogens with zero attached hydrogens (tertiary/aromatic N) is 1. The van der Waals surface area contributed by atoms with Crippen LogP contribution in [-0.2, 0) is 6.54 Å². The summed E-state index contributed by atoms with van der Waals surface area (Å²) in [7, 11) is 1.88. The van der Waals surface area contributed by atoms with Crippen LogP contribution in [0.4, 0.5) is 15.8 Å². The smallest absolute Gasteiger partial charge is 0.167 e. The number of nitrogen functional groups attached to an aromatic ring is 1. The average molecular weight is 309 g/mol. The Morgan fingerprint density at radius 1 is 1.29 bits per heavy atom.